The van der Waals surface area contributed by atoms with Crippen LogP contribution in [0.15, 0.2) is 84.9 Å². The monoisotopic (exact) mass is 844 g/mol. The number of nitrogens with one attached hydrogen (secondary N) is 3. The van der Waals surface area contributed by atoms with Crippen molar-refractivity contribution in [3.8, 4) is 0 Å². The average molecular weight is 844 g/mol. The summed E-state index contributed by atoms with van der Waals surface area (Å²) in [6.45, 7) is 3.55. The van der Waals surface area contributed by atoms with Crippen LogP contribution in [0.5, 0.6) is 0 Å². The largest absolute Gasteiger partial charge is 0.353 e. The van der Waals surface area contributed by atoms with E-state index in [1.165, 1.54) is 75.3 Å². The number of nitrogens with zero attached hydrogens (tertiary/aromatic N) is 2. The zero-order valence-electron chi connectivity index (χ0n) is 36.9. The highest BCUT2D eigenvalue weighted by molar-refractivity contribution is 6.01. The number of piperidine rings is 1. The van der Waals surface area contributed by atoms with Crippen molar-refractivity contribution in [2.75, 3.05) is 26.2 Å². The molecule has 6 atom stereocenters. The van der Waals surface area contributed by atoms with Crippen LogP contribution in [0.4, 0.5) is 0 Å². The first-order chi connectivity index (χ1) is 30.3. The Morgan fingerprint density at radius 2 is 0.984 bits per heavy atom. The van der Waals surface area contributed by atoms with Crippen molar-refractivity contribution in [1.82, 2.24) is 25.8 Å². The van der Waals surface area contributed by atoms with Gasteiger partial charge in [0.2, 0.25) is 17.7 Å². The number of benzene rings is 3. The fourth-order valence-corrected chi connectivity index (χ4v) is 9.73. The van der Waals surface area contributed by atoms with E-state index in [-0.39, 0.29) is 72.6 Å². The van der Waals surface area contributed by atoms with Crippen LogP contribution in [0.25, 0.3) is 0 Å². The minimum Gasteiger partial charge on any atom is -0.353 e. The van der Waals surface area contributed by atoms with Gasteiger partial charge in [-0.15, -0.1) is 0 Å². The number of likely N-dealkylation sites (tertiary alicyclic amines) is 2. The molecule has 0 unspecified atom stereocenters. The third-order valence-electron chi connectivity index (χ3n) is 13.7. The first kappa shape index (κ1) is 45.0. The first-order valence-corrected chi connectivity index (χ1v) is 24.0. The molecule has 3 aromatic carbocycles. The number of amides is 5. The maximum Gasteiger partial charge on any atom is 0.253 e. The fraction of sp³-hybridized carbons (Fsp3) is 0.558. The lowest BCUT2D eigenvalue weighted by molar-refractivity contribution is -0.133. The summed E-state index contributed by atoms with van der Waals surface area (Å²) in [5.74, 6) is -1.66. The molecule has 2 heterocycles. The van der Waals surface area contributed by atoms with E-state index in [2.05, 4.69) is 47.1 Å². The predicted molar refractivity (Wildman–Crippen MR) is 244 cm³/mol. The quantitative estimate of drug-likeness (QED) is 0.0875. The van der Waals surface area contributed by atoms with Gasteiger partial charge < -0.3 is 25.8 Å². The van der Waals surface area contributed by atoms with Crippen molar-refractivity contribution in [2.45, 2.75) is 146 Å². The lowest BCUT2D eigenvalue weighted by Gasteiger charge is -2.32. The number of unbranched alkanes of at least 4 members (excludes halogenated alkanes) is 11. The van der Waals surface area contributed by atoms with Crippen LogP contribution in [0.1, 0.15) is 160 Å². The van der Waals surface area contributed by atoms with E-state index in [9.17, 15) is 24.0 Å². The molecule has 2 saturated heterocycles. The topological polar surface area (TPSA) is 128 Å². The standard InChI is InChI=1S/C52H69N5O5/c1-2-3-4-5-6-7-8-9-10-11-12-19-27-48(58)53-41-28-30-56(31-29-41)51(61)39-25-20-26-40(32-39)52(62)57-35-44(49(59)54-46-33-42(46)37-21-15-13-16-22-37)45(36-57)50(60)55-47-34-43(47)38-23-17-14-18-24-38/h13-18,20-26,32,41-47H,2-12,19,27-31,33-36H2,1H3,(H,53,58)(H,54,59)(H,55,60)/t42-,43-,44-,45-,46+,47+/m1/s1. The third kappa shape index (κ3) is 12.6. The molecule has 332 valence electrons. The van der Waals surface area contributed by atoms with Crippen LogP contribution < -0.4 is 16.0 Å². The predicted octanol–water partition coefficient (Wildman–Crippen LogP) is 8.53. The second-order valence-corrected chi connectivity index (χ2v) is 18.5. The van der Waals surface area contributed by atoms with Gasteiger partial charge in [0.25, 0.3) is 11.8 Å². The molecule has 2 aliphatic heterocycles. The average Bonchev–Trinajstić information content (AvgIpc) is 4.21. The lowest BCUT2D eigenvalue weighted by Crippen LogP contribution is -2.46. The SMILES string of the molecule is CCCCCCCCCCCCCCC(=O)NC1CCN(C(=O)c2cccc(C(=O)N3C[C@@H](C(=O)N[C@H]4C[C@@H]4c4ccccc4)[C@H](C(=O)N[C@H]4C[C@@H]4c4ccccc4)C3)c2)CC1. The van der Waals surface area contributed by atoms with Crippen LogP contribution in [0.3, 0.4) is 0 Å². The third-order valence-corrected chi connectivity index (χ3v) is 13.7. The molecular formula is C52H69N5O5. The molecular weight excluding hydrogens is 775 g/mol. The zero-order chi connectivity index (χ0) is 43.3. The Hall–Kier alpha value is -4.99. The van der Waals surface area contributed by atoms with Crippen molar-refractivity contribution >= 4 is 29.5 Å². The maximum atomic E-state index is 14.1. The van der Waals surface area contributed by atoms with Gasteiger partial charge in [0.05, 0.1) is 11.8 Å². The van der Waals surface area contributed by atoms with E-state index in [4.69, 9.17) is 0 Å². The van der Waals surface area contributed by atoms with Gasteiger partial charge in [-0.2, -0.15) is 0 Å². The van der Waals surface area contributed by atoms with E-state index >= 15 is 0 Å². The molecule has 0 bridgehead atoms. The number of rotatable bonds is 22. The van der Waals surface area contributed by atoms with Gasteiger partial charge in [-0.05, 0) is 61.4 Å². The summed E-state index contributed by atoms with van der Waals surface area (Å²) in [7, 11) is 0. The van der Waals surface area contributed by atoms with E-state index in [0.717, 1.165) is 25.7 Å². The summed E-state index contributed by atoms with van der Waals surface area (Å²) in [6, 6.07) is 27.1. The first-order valence-electron chi connectivity index (χ1n) is 24.0. The molecule has 2 saturated carbocycles. The Balaban J connectivity index is 0.870. The number of hydrogen-bond acceptors (Lipinski definition) is 5. The summed E-state index contributed by atoms with van der Waals surface area (Å²) in [5.41, 5.74) is 3.15. The van der Waals surface area contributed by atoms with Crippen LogP contribution in [-0.2, 0) is 14.4 Å². The highest BCUT2D eigenvalue weighted by Crippen LogP contribution is 2.42. The molecule has 7 rings (SSSR count). The summed E-state index contributed by atoms with van der Waals surface area (Å²) in [6.07, 6.45) is 18.8. The smallest absolute Gasteiger partial charge is 0.253 e. The van der Waals surface area contributed by atoms with Crippen molar-refractivity contribution in [1.29, 1.82) is 0 Å². The highest BCUT2D eigenvalue weighted by atomic mass is 16.2. The maximum absolute atomic E-state index is 14.1. The second-order valence-electron chi connectivity index (χ2n) is 18.5. The van der Waals surface area contributed by atoms with Gasteiger partial charge in [-0.3, -0.25) is 24.0 Å². The van der Waals surface area contributed by atoms with Crippen molar-refractivity contribution in [2.24, 2.45) is 11.8 Å². The molecule has 4 fully saturated rings. The van der Waals surface area contributed by atoms with Crippen LogP contribution >= 0.6 is 0 Å². The number of hydrogen-bond donors (Lipinski definition) is 3. The van der Waals surface area contributed by atoms with Crippen LogP contribution in [0.2, 0.25) is 0 Å². The summed E-state index contributed by atoms with van der Waals surface area (Å²) in [5, 5.41) is 9.60. The van der Waals surface area contributed by atoms with Crippen LogP contribution in [0, 0.1) is 11.8 Å². The molecule has 2 aliphatic carbocycles. The summed E-state index contributed by atoms with van der Waals surface area (Å²) in [4.78, 5) is 71.8. The van der Waals surface area contributed by atoms with E-state index < -0.39 is 11.8 Å². The van der Waals surface area contributed by atoms with Crippen molar-refractivity contribution in [3.63, 3.8) is 0 Å². The Morgan fingerprint density at radius 1 is 0.532 bits per heavy atom. The molecule has 0 radical (unpaired) electrons. The molecule has 3 aromatic rings. The van der Waals surface area contributed by atoms with Gasteiger partial charge in [0.1, 0.15) is 0 Å². The molecule has 0 spiro atoms. The van der Waals surface area contributed by atoms with Crippen molar-refractivity contribution in [3.05, 3.63) is 107 Å². The van der Waals surface area contributed by atoms with Gasteiger partial charge in [-0.1, -0.05) is 144 Å². The fourth-order valence-electron chi connectivity index (χ4n) is 9.73. The minimum absolute atomic E-state index is 0.00245. The summed E-state index contributed by atoms with van der Waals surface area (Å²) < 4.78 is 0. The minimum atomic E-state index is -0.693. The molecule has 3 N–H and O–H groups in total. The molecule has 10 heteroatoms. The molecule has 5 amide bonds. The Morgan fingerprint density at radius 3 is 1.47 bits per heavy atom. The van der Waals surface area contributed by atoms with E-state index in [1.807, 2.05) is 36.4 Å². The van der Waals surface area contributed by atoms with E-state index in [0.29, 0.717) is 43.5 Å². The van der Waals surface area contributed by atoms with Gasteiger partial charge in [0, 0.05) is 73.7 Å². The van der Waals surface area contributed by atoms with E-state index in [1.54, 1.807) is 34.1 Å². The van der Waals surface area contributed by atoms with Gasteiger partial charge >= 0.3 is 0 Å². The number of carbonyl (C=O) groups excluding carboxylic acids is 5. The normalized spacial score (nSPS) is 23.1. The molecule has 0 aromatic heterocycles. The Labute approximate surface area is 369 Å². The molecule has 62 heavy (non-hydrogen) atoms. The van der Waals surface area contributed by atoms with Crippen LogP contribution in [-0.4, -0.2) is 83.6 Å². The summed E-state index contributed by atoms with van der Waals surface area (Å²) >= 11 is 0. The molecule has 4 aliphatic rings. The second kappa shape index (κ2) is 22.4. The zero-order valence-corrected chi connectivity index (χ0v) is 36.9. The molecule has 10 nitrogen and oxygen atoms in total. The number of carbonyl (C=O) groups is 5. The lowest BCUT2D eigenvalue weighted by atomic mass is 9.94. The van der Waals surface area contributed by atoms with Crippen molar-refractivity contribution < 1.29 is 24.0 Å². The Bertz CT molecular complexity index is 1870. The highest BCUT2D eigenvalue weighted by Gasteiger charge is 2.49. The van der Waals surface area contributed by atoms with Gasteiger partial charge in [0.15, 0.2) is 0 Å². The Kier molecular flexibility index (Phi) is 16.3. The van der Waals surface area contributed by atoms with Gasteiger partial charge in [-0.25, -0.2) is 0 Å².